The SMILES string of the molecule is CC[C@H](C(=O)NC(C)C)N(Cc1ccc(Cl)cc1Cl)C(=O)CN(c1cc(Cl)cc(Cl)c1)S(=O)(=O)c1ccc(C)cc1. The fraction of sp³-hybridized carbons (Fsp3) is 0.310. The molecule has 41 heavy (non-hydrogen) atoms. The summed E-state index contributed by atoms with van der Waals surface area (Å²) in [5.74, 6) is -1.01. The van der Waals surface area contributed by atoms with Gasteiger partial charge in [-0.1, -0.05) is 77.1 Å². The number of nitrogens with zero attached hydrogens (tertiary/aromatic N) is 2. The Kier molecular flexibility index (Phi) is 11.4. The van der Waals surface area contributed by atoms with E-state index in [4.69, 9.17) is 46.4 Å². The van der Waals surface area contributed by atoms with E-state index in [-0.39, 0.29) is 45.5 Å². The second-order valence-corrected chi connectivity index (χ2v) is 13.4. The Morgan fingerprint density at radius 2 is 1.49 bits per heavy atom. The number of hydrogen-bond acceptors (Lipinski definition) is 4. The normalized spacial score (nSPS) is 12.2. The van der Waals surface area contributed by atoms with Gasteiger partial charge in [0.2, 0.25) is 11.8 Å². The van der Waals surface area contributed by atoms with Crippen LogP contribution in [0.25, 0.3) is 0 Å². The van der Waals surface area contributed by atoms with Gasteiger partial charge in [0.15, 0.2) is 0 Å². The topological polar surface area (TPSA) is 86.8 Å². The molecule has 0 fully saturated rings. The number of sulfonamides is 1. The third-order valence-corrected chi connectivity index (χ3v) is 9.01. The van der Waals surface area contributed by atoms with Gasteiger partial charge in [0, 0.05) is 32.7 Å². The molecule has 1 N–H and O–H groups in total. The molecule has 220 valence electrons. The van der Waals surface area contributed by atoms with Gasteiger partial charge >= 0.3 is 0 Å². The number of anilines is 1. The number of halogens is 4. The summed E-state index contributed by atoms with van der Waals surface area (Å²) in [6, 6.07) is 14.3. The molecule has 0 heterocycles. The minimum absolute atomic E-state index is 0.0242. The minimum atomic E-state index is -4.27. The molecule has 0 radical (unpaired) electrons. The summed E-state index contributed by atoms with van der Waals surface area (Å²) in [5.41, 5.74) is 1.50. The van der Waals surface area contributed by atoms with Gasteiger partial charge in [-0.3, -0.25) is 13.9 Å². The van der Waals surface area contributed by atoms with Crippen LogP contribution in [0.4, 0.5) is 5.69 Å². The fourth-order valence-corrected chi connectivity index (χ4v) is 6.56. The quantitative estimate of drug-likeness (QED) is 0.237. The van der Waals surface area contributed by atoms with Crippen LogP contribution in [0.3, 0.4) is 0 Å². The highest BCUT2D eigenvalue weighted by Crippen LogP contribution is 2.31. The van der Waals surface area contributed by atoms with E-state index >= 15 is 0 Å². The second-order valence-electron chi connectivity index (χ2n) is 9.80. The summed E-state index contributed by atoms with van der Waals surface area (Å²) in [4.78, 5) is 28.6. The summed E-state index contributed by atoms with van der Waals surface area (Å²) < 4.78 is 28.8. The van der Waals surface area contributed by atoms with Crippen molar-refractivity contribution in [3.8, 4) is 0 Å². The van der Waals surface area contributed by atoms with E-state index in [2.05, 4.69) is 5.32 Å². The molecule has 0 aliphatic heterocycles. The van der Waals surface area contributed by atoms with E-state index in [1.807, 2.05) is 20.8 Å². The van der Waals surface area contributed by atoms with E-state index < -0.39 is 28.5 Å². The first-order chi connectivity index (χ1) is 19.2. The van der Waals surface area contributed by atoms with E-state index in [1.54, 1.807) is 37.3 Å². The molecule has 0 aliphatic rings. The van der Waals surface area contributed by atoms with Crippen LogP contribution in [0.1, 0.15) is 38.3 Å². The minimum Gasteiger partial charge on any atom is -0.352 e. The number of amides is 2. The highest BCUT2D eigenvalue weighted by atomic mass is 35.5. The number of hydrogen-bond donors (Lipinski definition) is 1. The highest BCUT2D eigenvalue weighted by Gasteiger charge is 2.34. The molecule has 2 amide bonds. The molecular formula is C29H31Cl4N3O4S. The lowest BCUT2D eigenvalue weighted by Gasteiger charge is -2.33. The lowest BCUT2D eigenvalue weighted by molar-refractivity contribution is -0.140. The van der Waals surface area contributed by atoms with Crippen molar-refractivity contribution >= 4 is 73.9 Å². The molecule has 0 bridgehead atoms. The zero-order valence-electron chi connectivity index (χ0n) is 23.0. The van der Waals surface area contributed by atoms with Crippen molar-refractivity contribution in [1.82, 2.24) is 10.2 Å². The van der Waals surface area contributed by atoms with Crippen molar-refractivity contribution in [3.05, 3.63) is 91.9 Å². The average molecular weight is 659 g/mol. The lowest BCUT2D eigenvalue weighted by Crippen LogP contribution is -2.53. The van der Waals surface area contributed by atoms with Crippen LogP contribution in [0.15, 0.2) is 65.6 Å². The number of aryl methyl sites for hydroxylation is 1. The van der Waals surface area contributed by atoms with Gasteiger partial charge in [-0.2, -0.15) is 0 Å². The van der Waals surface area contributed by atoms with Crippen LogP contribution in [-0.2, 0) is 26.2 Å². The molecular weight excluding hydrogens is 628 g/mol. The van der Waals surface area contributed by atoms with Crippen LogP contribution in [0.2, 0.25) is 20.1 Å². The fourth-order valence-electron chi connectivity index (χ4n) is 4.18. The monoisotopic (exact) mass is 657 g/mol. The maximum Gasteiger partial charge on any atom is 0.264 e. The predicted octanol–water partition coefficient (Wildman–Crippen LogP) is 7.14. The molecule has 3 rings (SSSR count). The number of carbonyl (C=O) groups is 2. The standard InChI is InChI=1S/C29H31Cl4N3O4S/c1-5-27(29(38)34-18(2)3)35(16-20-8-9-21(30)15-26(20)33)28(37)17-36(24-13-22(31)12-23(32)14-24)41(39,40)25-10-6-19(4)7-11-25/h6-15,18,27H,5,16-17H2,1-4H3,(H,34,38)/t27-/m1/s1. The number of carbonyl (C=O) groups excluding carboxylic acids is 2. The van der Waals surface area contributed by atoms with Crippen molar-refractivity contribution < 1.29 is 18.0 Å². The van der Waals surface area contributed by atoms with Crippen molar-refractivity contribution in [2.75, 3.05) is 10.8 Å². The molecule has 0 aromatic heterocycles. The Labute approximate surface area is 261 Å². The molecule has 3 aromatic carbocycles. The van der Waals surface area contributed by atoms with Gasteiger partial charge in [0.05, 0.1) is 10.6 Å². The van der Waals surface area contributed by atoms with Crippen molar-refractivity contribution in [2.45, 2.75) is 57.6 Å². The molecule has 12 heteroatoms. The number of rotatable bonds is 11. The van der Waals surface area contributed by atoms with Crippen molar-refractivity contribution in [2.24, 2.45) is 0 Å². The Balaban J connectivity index is 2.12. The van der Waals surface area contributed by atoms with Gasteiger partial charge < -0.3 is 10.2 Å². The smallest absolute Gasteiger partial charge is 0.264 e. The first-order valence-corrected chi connectivity index (χ1v) is 15.8. The van der Waals surface area contributed by atoms with Crippen LogP contribution in [0.5, 0.6) is 0 Å². The van der Waals surface area contributed by atoms with Gasteiger partial charge in [-0.05, 0) is 75.2 Å². The Morgan fingerprint density at radius 1 is 0.878 bits per heavy atom. The molecule has 0 saturated heterocycles. The molecule has 3 aromatic rings. The van der Waals surface area contributed by atoms with E-state index in [1.165, 1.54) is 35.2 Å². The predicted molar refractivity (Wildman–Crippen MR) is 167 cm³/mol. The summed E-state index contributed by atoms with van der Waals surface area (Å²) in [7, 11) is -4.27. The molecule has 0 spiro atoms. The van der Waals surface area contributed by atoms with E-state index in [0.717, 1.165) is 9.87 Å². The third-order valence-electron chi connectivity index (χ3n) is 6.20. The van der Waals surface area contributed by atoms with Crippen LogP contribution < -0.4 is 9.62 Å². The first-order valence-electron chi connectivity index (χ1n) is 12.8. The molecule has 0 saturated carbocycles. The van der Waals surface area contributed by atoms with Gasteiger partial charge in [0.25, 0.3) is 10.0 Å². The zero-order chi connectivity index (χ0) is 30.5. The summed E-state index contributed by atoms with van der Waals surface area (Å²) in [6.45, 7) is 6.53. The van der Waals surface area contributed by atoms with Crippen LogP contribution in [-0.4, -0.2) is 43.8 Å². The van der Waals surface area contributed by atoms with Gasteiger partial charge in [-0.15, -0.1) is 0 Å². The maximum atomic E-state index is 14.1. The first kappa shape index (κ1) is 33.0. The zero-order valence-corrected chi connectivity index (χ0v) is 26.8. The van der Waals surface area contributed by atoms with Crippen LogP contribution in [0, 0.1) is 6.92 Å². The van der Waals surface area contributed by atoms with E-state index in [0.29, 0.717) is 15.6 Å². The largest absolute Gasteiger partial charge is 0.352 e. The van der Waals surface area contributed by atoms with Crippen molar-refractivity contribution in [1.29, 1.82) is 0 Å². The number of benzene rings is 3. The summed E-state index contributed by atoms with van der Waals surface area (Å²) in [6.07, 6.45) is 0.267. The molecule has 0 aliphatic carbocycles. The highest BCUT2D eigenvalue weighted by molar-refractivity contribution is 7.92. The van der Waals surface area contributed by atoms with Gasteiger partial charge in [0.1, 0.15) is 12.6 Å². The lowest BCUT2D eigenvalue weighted by atomic mass is 10.1. The van der Waals surface area contributed by atoms with Crippen molar-refractivity contribution in [3.63, 3.8) is 0 Å². The summed E-state index contributed by atoms with van der Waals surface area (Å²) in [5, 5.41) is 3.95. The molecule has 1 atom stereocenters. The Bertz CT molecular complexity index is 1490. The van der Waals surface area contributed by atoms with Crippen LogP contribution >= 0.6 is 46.4 Å². The Hall–Kier alpha value is -2.49. The number of nitrogens with one attached hydrogen (secondary N) is 1. The maximum absolute atomic E-state index is 14.1. The molecule has 7 nitrogen and oxygen atoms in total. The average Bonchev–Trinajstić information content (AvgIpc) is 2.87. The summed E-state index contributed by atoms with van der Waals surface area (Å²) >= 11 is 25.0. The Morgan fingerprint density at radius 3 is 2.02 bits per heavy atom. The van der Waals surface area contributed by atoms with E-state index in [9.17, 15) is 18.0 Å². The third kappa shape index (κ3) is 8.52. The second kappa shape index (κ2) is 14.1. The molecule has 0 unspecified atom stereocenters. The van der Waals surface area contributed by atoms with Gasteiger partial charge in [-0.25, -0.2) is 8.42 Å².